The van der Waals surface area contributed by atoms with Crippen LogP contribution in [-0.4, -0.2) is 24.4 Å². The van der Waals surface area contributed by atoms with Crippen LogP contribution < -0.4 is 5.56 Å². The van der Waals surface area contributed by atoms with E-state index in [-0.39, 0.29) is 24.1 Å². The Labute approximate surface area is 121 Å². The minimum atomic E-state index is -0.154. The van der Waals surface area contributed by atoms with E-state index < -0.39 is 0 Å². The Balaban J connectivity index is 0.000000576. The monoisotopic (exact) mass is 294 g/mol. The maximum atomic E-state index is 11.7. The molecular weight excluding hydrogens is 281 g/mol. The van der Waals surface area contributed by atoms with Gasteiger partial charge in [-0.15, -0.1) is 13.2 Å². The first-order chi connectivity index (χ1) is 8.74. The molecule has 0 amide bonds. The van der Waals surface area contributed by atoms with E-state index in [9.17, 15) is 4.79 Å². The molecule has 0 aliphatic rings. The molecule has 0 unspecified atom stereocenters. The van der Waals surface area contributed by atoms with Crippen LogP contribution in [-0.2, 0) is 25.6 Å². The molecular formula is C12H13N5OV. The molecule has 7 heteroatoms. The molecule has 0 aliphatic carbocycles. The van der Waals surface area contributed by atoms with Crippen LogP contribution in [0.3, 0.4) is 0 Å². The minimum absolute atomic E-state index is 0. The molecule has 0 aromatic carbocycles. The second kappa shape index (κ2) is 6.22. The van der Waals surface area contributed by atoms with Gasteiger partial charge < -0.3 is 4.98 Å². The summed E-state index contributed by atoms with van der Waals surface area (Å²) in [7, 11) is 1.83. The van der Waals surface area contributed by atoms with Gasteiger partial charge in [-0.2, -0.15) is 10.2 Å². The van der Waals surface area contributed by atoms with Gasteiger partial charge in [0, 0.05) is 37.4 Å². The van der Waals surface area contributed by atoms with Crippen molar-refractivity contribution in [2.75, 3.05) is 0 Å². The van der Waals surface area contributed by atoms with Crippen molar-refractivity contribution >= 4 is 5.52 Å². The summed E-state index contributed by atoms with van der Waals surface area (Å²) >= 11 is 0. The zero-order valence-electron chi connectivity index (χ0n) is 10.4. The number of nitrogens with zero attached hydrogens (tertiary/aromatic N) is 4. The van der Waals surface area contributed by atoms with Gasteiger partial charge in [-0.25, -0.2) is 4.52 Å². The van der Waals surface area contributed by atoms with Gasteiger partial charge in [-0.05, 0) is 6.07 Å². The van der Waals surface area contributed by atoms with Crippen molar-refractivity contribution in [3.63, 3.8) is 0 Å². The summed E-state index contributed by atoms with van der Waals surface area (Å²) in [5.74, 6) is 0. The van der Waals surface area contributed by atoms with Crippen LogP contribution in [0.1, 0.15) is 0 Å². The van der Waals surface area contributed by atoms with Crippen molar-refractivity contribution in [2.24, 2.45) is 7.05 Å². The Kier molecular flexibility index (Phi) is 4.91. The maximum absolute atomic E-state index is 11.7. The van der Waals surface area contributed by atoms with E-state index in [2.05, 4.69) is 28.3 Å². The van der Waals surface area contributed by atoms with E-state index in [1.54, 1.807) is 33.9 Å². The minimum Gasteiger partial charge on any atom is -0.319 e. The van der Waals surface area contributed by atoms with Crippen LogP contribution in [0.5, 0.6) is 0 Å². The molecule has 3 rings (SSSR count). The van der Waals surface area contributed by atoms with Crippen LogP contribution in [0.2, 0.25) is 0 Å². The topological polar surface area (TPSA) is 68.0 Å². The van der Waals surface area contributed by atoms with E-state index in [4.69, 9.17) is 0 Å². The van der Waals surface area contributed by atoms with Gasteiger partial charge >= 0.3 is 0 Å². The molecule has 1 N–H and O–H groups in total. The smallest absolute Gasteiger partial charge is 0.274 e. The SMILES string of the molecule is C=C.Cn1cc(-c2cn3nccc3c(=O)[nH]2)cn1.[V]. The number of H-pyrrole nitrogens is 1. The number of hydrogen-bond donors (Lipinski definition) is 1. The summed E-state index contributed by atoms with van der Waals surface area (Å²) in [6.07, 6.45) is 6.90. The zero-order chi connectivity index (χ0) is 13.1. The fourth-order valence-corrected chi connectivity index (χ4v) is 1.64. The number of aryl methyl sites for hydroxylation is 1. The summed E-state index contributed by atoms with van der Waals surface area (Å²) in [6.45, 7) is 6.00. The van der Waals surface area contributed by atoms with Crippen molar-refractivity contribution in [1.29, 1.82) is 0 Å². The van der Waals surface area contributed by atoms with Gasteiger partial charge in [-0.1, -0.05) is 0 Å². The number of fused-ring (bicyclic) bond motifs is 1. The van der Waals surface area contributed by atoms with Crippen LogP contribution in [0.15, 0.2) is 48.8 Å². The van der Waals surface area contributed by atoms with Gasteiger partial charge in [0.05, 0.1) is 24.3 Å². The Morgan fingerprint density at radius 2 is 2.00 bits per heavy atom. The fraction of sp³-hybridized carbons (Fsp3) is 0.0833. The Morgan fingerprint density at radius 3 is 2.63 bits per heavy atom. The molecule has 3 heterocycles. The van der Waals surface area contributed by atoms with Gasteiger partial charge in [0.2, 0.25) is 0 Å². The van der Waals surface area contributed by atoms with E-state index >= 15 is 0 Å². The predicted molar refractivity (Wildman–Crippen MR) is 69.3 cm³/mol. The number of hydrogen-bond acceptors (Lipinski definition) is 3. The molecule has 6 nitrogen and oxygen atoms in total. The second-order valence-electron chi connectivity index (χ2n) is 3.56. The summed E-state index contributed by atoms with van der Waals surface area (Å²) in [5, 5.41) is 8.10. The summed E-state index contributed by atoms with van der Waals surface area (Å²) in [6, 6.07) is 1.67. The predicted octanol–water partition coefficient (Wildman–Crippen LogP) is 1.22. The second-order valence-corrected chi connectivity index (χ2v) is 3.56. The average Bonchev–Trinajstić information content (AvgIpc) is 3.00. The van der Waals surface area contributed by atoms with Crippen LogP contribution in [0.25, 0.3) is 16.8 Å². The van der Waals surface area contributed by atoms with Crippen LogP contribution in [0, 0.1) is 0 Å². The van der Waals surface area contributed by atoms with Crippen molar-refractivity contribution in [3.8, 4) is 11.3 Å². The van der Waals surface area contributed by atoms with E-state index in [0.717, 1.165) is 5.56 Å². The van der Waals surface area contributed by atoms with Crippen LogP contribution >= 0.6 is 0 Å². The molecule has 0 bridgehead atoms. The van der Waals surface area contributed by atoms with Crippen molar-refractivity contribution in [2.45, 2.75) is 0 Å². The molecule has 1 radical (unpaired) electrons. The van der Waals surface area contributed by atoms with E-state index in [1.165, 1.54) is 0 Å². The third-order valence-corrected chi connectivity index (χ3v) is 2.42. The molecule has 97 valence electrons. The third-order valence-electron chi connectivity index (χ3n) is 2.42. The molecule has 0 saturated carbocycles. The first-order valence-corrected chi connectivity index (χ1v) is 5.30. The molecule has 3 aromatic heterocycles. The van der Waals surface area contributed by atoms with Crippen molar-refractivity contribution in [3.05, 3.63) is 54.4 Å². The van der Waals surface area contributed by atoms with Crippen molar-refractivity contribution in [1.82, 2.24) is 24.4 Å². The summed E-state index contributed by atoms with van der Waals surface area (Å²) < 4.78 is 3.24. The van der Waals surface area contributed by atoms with E-state index in [1.807, 2.05) is 13.2 Å². The Morgan fingerprint density at radius 1 is 1.26 bits per heavy atom. The van der Waals surface area contributed by atoms with Gasteiger partial charge in [-0.3, -0.25) is 9.48 Å². The molecule has 0 aliphatic heterocycles. The zero-order valence-corrected chi connectivity index (χ0v) is 11.8. The van der Waals surface area contributed by atoms with Gasteiger partial charge in [0.15, 0.2) is 0 Å². The first-order valence-electron chi connectivity index (χ1n) is 5.30. The molecule has 0 saturated heterocycles. The molecule has 3 aromatic rings. The average molecular weight is 294 g/mol. The molecule has 0 spiro atoms. The number of nitrogens with one attached hydrogen (secondary N) is 1. The summed E-state index contributed by atoms with van der Waals surface area (Å²) in [5.41, 5.74) is 1.94. The third kappa shape index (κ3) is 2.86. The van der Waals surface area contributed by atoms with Crippen molar-refractivity contribution < 1.29 is 18.6 Å². The number of aromatic nitrogens is 5. The standard InChI is InChI=1S/C10H9N5O.C2H4.V/c1-14-5-7(4-12-14)8-6-15-9(2-3-11-15)10(16)13-8;1-2;/h2-6H,1H3,(H,13,16);1-2H2;. The largest absolute Gasteiger partial charge is 0.319 e. The molecule has 0 atom stereocenters. The fourth-order valence-electron chi connectivity index (χ4n) is 1.64. The van der Waals surface area contributed by atoms with Gasteiger partial charge in [0.1, 0.15) is 5.52 Å². The Hall–Kier alpha value is -2.05. The van der Waals surface area contributed by atoms with Gasteiger partial charge in [0.25, 0.3) is 5.56 Å². The van der Waals surface area contributed by atoms with E-state index in [0.29, 0.717) is 11.2 Å². The maximum Gasteiger partial charge on any atom is 0.274 e. The number of aromatic amines is 1. The molecule has 19 heavy (non-hydrogen) atoms. The Bertz CT molecular complexity index is 727. The number of rotatable bonds is 1. The normalized spacial score (nSPS) is 9.53. The first kappa shape index (κ1) is 15.0. The van der Waals surface area contributed by atoms with Crippen LogP contribution in [0.4, 0.5) is 0 Å². The molecule has 0 fully saturated rings. The quantitative estimate of drug-likeness (QED) is 0.686. The summed E-state index contributed by atoms with van der Waals surface area (Å²) in [4.78, 5) is 14.5.